The van der Waals surface area contributed by atoms with Crippen molar-refractivity contribution in [3.8, 4) is 11.5 Å². The summed E-state index contributed by atoms with van der Waals surface area (Å²) in [6.07, 6.45) is 0.777. The number of rotatable bonds is 6. The summed E-state index contributed by atoms with van der Waals surface area (Å²) in [6.45, 7) is 6.14. The van der Waals surface area contributed by atoms with E-state index < -0.39 is 5.91 Å². The van der Waals surface area contributed by atoms with Crippen LogP contribution in [0, 0.1) is 0 Å². The van der Waals surface area contributed by atoms with E-state index in [1.807, 2.05) is 0 Å². The molecule has 1 aliphatic heterocycles. The van der Waals surface area contributed by atoms with Gasteiger partial charge in [0, 0.05) is 12.5 Å². The van der Waals surface area contributed by atoms with Crippen LogP contribution in [0.1, 0.15) is 45.0 Å². The third kappa shape index (κ3) is 3.83. The number of benzene rings is 1. The van der Waals surface area contributed by atoms with Gasteiger partial charge in [0.05, 0.1) is 42.8 Å². The molecule has 0 aliphatic carbocycles. The second-order valence-electron chi connectivity index (χ2n) is 7.08. The Kier molecular flexibility index (Phi) is 5.90. The SMILES string of the molecule is COc1ccc(C(=O)Nc2sc3c(c2C(N)=O)CC[NH+](C(C)C)C3)c(OC)c1. The van der Waals surface area contributed by atoms with Crippen LogP contribution in [0.15, 0.2) is 18.2 Å². The Balaban J connectivity index is 1.92. The number of fused-ring (bicyclic) bond motifs is 1. The maximum Gasteiger partial charge on any atom is 0.260 e. The molecule has 7 nitrogen and oxygen atoms in total. The van der Waals surface area contributed by atoms with Crippen LogP contribution in [0.5, 0.6) is 11.5 Å². The van der Waals surface area contributed by atoms with Crippen LogP contribution in [0.4, 0.5) is 5.00 Å². The highest BCUT2D eigenvalue weighted by atomic mass is 32.1. The zero-order valence-electron chi connectivity index (χ0n) is 16.5. The van der Waals surface area contributed by atoms with Crippen LogP contribution in [-0.4, -0.2) is 38.6 Å². The van der Waals surface area contributed by atoms with Gasteiger partial charge in [-0.1, -0.05) is 0 Å². The molecule has 0 bridgehead atoms. The summed E-state index contributed by atoms with van der Waals surface area (Å²) in [6, 6.07) is 5.46. The lowest BCUT2D eigenvalue weighted by Gasteiger charge is -2.27. The molecule has 1 aromatic heterocycles. The Labute approximate surface area is 168 Å². The van der Waals surface area contributed by atoms with Gasteiger partial charge in [-0.25, -0.2) is 0 Å². The summed E-state index contributed by atoms with van der Waals surface area (Å²) in [5.41, 5.74) is 7.42. The second-order valence-corrected chi connectivity index (χ2v) is 8.19. The van der Waals surface area contributed by atoms with Crippen LogP contribution in [0.25, 0.3) is 0 Å². The van der Waals surface area contributed by atoms with Gasteiger partial charge >= 0.3 is 0 Å². The number of anilines is 1. The van der Waals surface area contributed by atoms with E-state index in [0.717, 1.165) is 30.0 Å². The zero-order valence-corrected chi connectivity index (χ0v) is 17.4. The number of methoxy groups -OCH3 is 2. The van der Waals surface area contributed by atoms with E-state index in [9.17, 15) is 9.59 Å². The lowest BCUT2D eigenvalue weighted by atomic mass is 10.0. The summed E-state index contributed by atoms with van der Waals surface area (Å²) in [4.78, 5) is 27.6. The molecule has 28 heavy (non-hydrogen) atoms. The molecule has 2 heterocycles. The molecule has 0 fully saturated rings. The minimum atomic E-state index is -0.512. The van der Waals surface area contributed by atoms with Crippen LogP contribution in [-0.2, 0) is 13.0 Å². The normalized spacial score (nSPS) is 15.8. The van der Waals surface area contributed by atoms with E-state index in [1.54, 1.807) is 25.3 Å². The van der Waals surface area contributed by atoms with Gasteiger partial charge in [-0.05, 0) is 31.5 Å². The van der Waals surface area contributed by atoms with Gasteiger partial charge in [0.15, 0.2) is 0 Å². The molecule has 1 aromatic carbocycles. The van der Waals surface area contributed by atoms with Crippen molar-refractivity contribution < 1.29 is 24.0 Å². The quantitative estimate of drug-likeness (QED) is 0.679. The third-order valence-electron chi connectivity index (χ3n) is 5.12. The fourth-order valence-corrected chi connectivity index (χ4v) is 4.80. The Morgan fingerprint density at radius 3 is 2.61 bits per heavy atom. The number of amides is 2. The van der Waals surface area contributed by atoms with Crippen molar-refractivity contribution in [3.05, 3.63) is 39.8 Å². The number of thiophene rings is 1. The highest BCUT2D eigenvalue weighted by molar-refractivity contribution is 7.17. The Hall–Kier alpha value is -2.58. The average Bonchev–Trinajstić information content (AvgIpc) is 3.04. The standard InChI is InChI=1S/C20H25N3O4S/c1-11(2)23-8-7-14-16(10-23)28-20(17(14)18(21)24)22-19(25)13-6-5-12(26-3)9-15(13)27-4/h5-6,9,11H,7-8,10H2,1-4H3,(H2,21,24)(H,22,25)/p+1. The van der Waals surface area contributed by atoms with E-state index in [2.05, 4.69) is 19.2 Å². The van der Waals surface area contributed by atoms with Gasteiger partial charge < -0.3 is 25.4 Å². The summed E-state index contributed by atoms with van der Waals surface area (Å²) in [5.74, 6) is 0.125. The van der Waals surface area contributed by atoms with Crippen molar-refractivity contribution in [2.45, 2.75) is 32.9 Å². The summed E-state index contributed by atoms with van der Waals surface area (Å²) in [7, 11) is 3.04. The van der Waals surface area contributed by atoms with Gasteiger partial charge in [-0.15, -0.1) is 11.3 Å². The smallest absolute Gasteiger partial charge is 0.260 e. The molecule has 0 spiro atoms. The summed E-state index contributed by atoms with van der Waals surface area (Å²) >= 11 is 1.44. The number of hydrogen-bond acceptors (Lipinski definition) is 5. The van der Waals surface area contributed by atoms with Crippen molar-refractivity contribution in [3.63, 3.8) is 0 Å². The molecular formula is C20H26N3O4S+. The minimum absolute atomic E-state index is 0.353. The predicted molar refractivity (Wildman–Crippen MR) is 109 cm³/mol. The molecule has 1 unspecified atom stereocenters. The van der Waals surface area contributed by atoms with Gasteiger partial charge in [0.1, 0.15) is 23.0 Å². The maximum atomic E-state index is 12.9. The Morgan fingerprint density at radius 2 is 2.00 bits per heavy atom. The molecule has 0 radical (unpaired) electrons. The topological polar surface area (TPSA) is 95.1 Å². The molecular weight excluding hydrogens is 378 g/mol. The third-order valence-corrected chi connectivity index (χ3v) is 6.27. The van der Waals surface area contributed by atoms with Crippen molar-refractivity contribution in [1.29, 1.82) is 0 Å². The van der Waals surface area contributed by atoms with Crippen LogP contribution in [0.3, 0.4) is 0 Å². The van der Waals surface area contributed by atoms with Gasteiger partial charge in [-0.3, -0.25) is 9.59 Å². The molecule has 0 saturated carbocycles. The number of hydrogen-bond donors (Lipinski definition) is 3. The monoisotopic (exact) mass is 404 g/mol. The summed E-state index contributed by atoms with van der Waals surface area (Å²) in [5, 5.41) is 3.38. The molecule has 2 amide bonds. The Morgan fingerprint density at radius 1 is 1.25 bits per heavy atom. The lowest BCUT2D eigenvalue weighted by Crippen LogP contribution is -3.14. The van der Waals surface area contributed by atoms with E-state index in [4.69, 9.17) is 15.2 Å². The largest absolute Gasteiger partial charge is 0.497 e. The molecule has 4 N–H and O–H groups in total. The molecule has 2 aromatic rings. The molecule has 0 saturated heterocycles. The number of carbonyl (C=O) groups is 2. The lowest BCUT2D eigenvalue weighted by molar-refractivity contribution is -0.936. The van der Waals surface area contributed by atoms with Crippen molar-refractivity contribution in [1.82, 2.24) is 0 Å². The van der Waals surface area contributed by atoms with Crippen LogP contribution >= 0.6 is 11.3 Å². The number of primary amides is 1. The zero-order chi connectivity index (χ0) is 20.4. The number of carbonyl (C=O) groups excluding carboxylic acids is 2. The number of nitrogens with two attached hydrogens (primary N) is 1. The highest BCUT2D eigenvalue weighted by Gasteiger charge is 2.31. The molecule has 8 heteroatoms. The van der Waals surface area contributed by atoms with E-state index in [1.165, 1.54) is 23.3 Å². The average molecular weight is 405 g/mol. The summed E-state index contributed by atoms with van der Waals surface area (Å²) < 4.78 is 10.5. The molecule has 1 aliphatic rings. The highest BCUT2D eigenvalue weighted by Crippen LogP contribution is 2.35. The maximum absolute atomic E-state index is 12.9. The van der Waals surface area contributed by atoms with Crippen LogP contribution in [0.2, 0.25) is 0 Å². The second kappa shape index (κ2) is 8.20. The Bertz CT molecular complexity index is 907. The first-order valence-corrected chi connectivity index (χ1v) is 9.99. The number of quaternary nitrogens is 1. The minimum Gasteiger partial charge on any atom is -0.497 e. The fourth-order valence-electron chi connectivity index (χ4n) is 3.50. The number of nitrogens with one attached hydrogen (secondary N) is 2. The van der Waals surface area contributed by atoms with Crippen molar-refractivity contribution in [2.24, 2.45) is 5.73 Å². The van der Waals surface area contributed by atoms with E-state index in [0.29, 0.717) is 33.7 Å². The first-order valence-electron chi connectivity index (χ1n) is 9.18. The molecule has 3 rings (SSSR count). The van der Waals surface area contributed by atoms with E-state index >= 15 is 0 Å². The fraction of sp³-hybridized carbons (Fsp3) is 0.400. The molecule has 150 valence electrons. The predicted octanol–water partition coefficient (Wildman–Crippen LogP) is 1.47. The van der Waals surface area contributed by atoms with Crippen molar-refractivity contribution in [2.75, 3.05) is 26.1 Å². The van der Waals surface area contributed by atoms with Gasteiger partial charge in [-0.2, -0.15) is 0 Å². The van der Waals surface area contributed by atoms with Crippen LogP contribution < -0.4 is 25.4 Å². The van der Waals surface area contributed by atoms with Gasteiger partial charge in [0.25, 0.3) is 11.8 Å². The van der Waals surface area contributed by atoms with E-state index in [-0.39, 0.29) is 5.91 Å². The van der Waals surface area contributed by atoms with Gasteiger partial charge in [0.2, 0.25) is 0 Å². The first-order chi connectivity index (χ1) is 13.3. The molecule has 1 atom stereocenters. The van der Waals surface area contributed by atoms with Crippen molar-refractivity contribution >= 4 is 28.2 Å². The number of ether oxygens (including phenoxy) is 2. The first kappa shape index (κ1) is 20.2.